The number of aryl methyl sites for hydroxylation is 1. The van der Waals surface area contributed by atoms with Gasteiger partial charge < -0.3 is 4.57 Å². The molecule has 10 heteroatoms. The van der Waals surface area contributed by atoms with Crippen LogP contribution >= 0.6 is 45.5 Å². The Labute approximate surface area is 194 Å². The third kappa shape index (κ3) is 5.05. The van der Waals surface area contributed by atoms with Gasteiger partial charge in [-0.05, 0) is 59.5 Å². The molecule has 30 heavy (non-hydrogen) atoms. The lowest BCUT2D eigenvalue weighted by Gasteiger charge is -2.18. The molecule has 0 fully saturated rings. The molecule has 0 bridgehead atoms. The van der Waals surface area contributed by atoms with Crippen molar-refractivity contribution in [3.05, 3.63) is 65.2 Å². The van der Waals surface area contributed by atoms with Gasteiger partial charge in [0, 0.05) is 24.0 Å². The first-order valence-electron chi connectivity index (χ1n) is 9.19. The highest BCUT2D eigenvalue weighted by Gasteiger charge is 2.31. The standard InChI is InChI=1S/C20H18ClF3IN3OS/c1-3-28-15(8-7-11(2)14-10-26-19(21)30-14)27-18(29)16(17(28)25)12-5-4-6-13(9-12)20(22,23)24/h4-6,9-11H,3,7-8H2,1-2H3. The highest BCUT2D eigenvalue weighted by molar-refractivity contribution is 14.1. The van der Waals surface area contributed by atoms with Gasteiger partial charge in [0.1, 0.15) is 5.82 Å². The first kappa shape index (κ1) is 23.2. The second kappa shape index (κ2) is 9.35. The van der Waals surface area contributed by atoms with E-state index in [0.717, 1.165) is 23.4 Å². The maximum absolute atomic E-state index is 13.1. The predicted molar refractivity (Wildman–Crippen MR) is 121 cm³/mol. The van der Waals surface area contributed by atoms with Gasteiger partial charge in [0.25, 0.3) is 5.56 Å². The summed E-state index contributed by atoms with van der Waals surface area (Å²) in [7, 11) is 0. The smallest absolute Gasteiger partial charge is 0.324 e. The fourth-order valence-corrected chi connectivity index (χ4v) is 5.36. The first-order valence-corrected chi connectivity index (χ1v) is 11.5. The van der Waals surface area contributed by atoms with Crippen molar-refractivity contribution in [1.29, 1.82) is 0 Å². The van der Waals surface area contributed by atoms with Gasteiger partial charge in [0.15, 0.2) is 4.47 Å². The Balaban J connectivity index is 1.95. The van der Waals surface area contributed by atoms with E-state index in [9.17, 15) is 18.0 Å². The molecule has 0 aliphatic carbocycles. The summed E-state index contributed by atoms with van der Waals surface area (Å²) in [6.07, 6.45) is -1.44. The van der Waals surface area contributed by atoms with Gasteiger partial charge in [-0.2, -0.15) is 18.2 Å². The lowest BCUT2D eigenvalue weighted by atomic mass is 10.0. The number of hydrogen-bond acceptors (Lipinski definition) is 4. The molecule has 160 valence electrons. The average molecular weight is 568 g/mol. The van der Waals surface area contributed by atoms with Crippen LogP contribution in [-0.4, -0.2) is 14.5 Å². The van der Waals surface area contributed by atoms with E-state index >= 15 is 0 Å². The van der Waals surface area contributed by atoms with Crippen molar-refractivity contribution in [3.8, 4) is 11.1 Å². The number of alkyl halides is 3. The minimum absolute atomic E-state index is 0.189. The Bertz CT molecular complexity index is 1110. The number of rotatable bonds is 6. The van der Waals surface area contributed by atoms with Crippen LogP contribution in [0.15, 0.2) is 35.3 Å². The number of aromatic nitrogens is 3. The third-order valence-electron chi connectivity index (χ3n) is 4.78. The molecule has 4 nitrogen and oxygen atoms in total. The van der Waals surface area contributed by atoms with Gasteiger partial charge in [-0.3, -0.25) is 4.79 Å². The molecule has 2 aromatic heterocycles. The van der Waals surface area contributed by atoms with E-state index in [2.05, 4.69) is 16.9 Å². The van der Waals surface area contributed by atoms with Crippen LogP contribution < -0.4 is 5.56 Å². The molecule has 0 aliphatic heterocycles. The summed E-state index contributed by atoms with van der Waals surface area (Å²) >= 11 is 9.34. The van der Waals surface area contributed by atoms with Crippen LogP contribution in [0.3, 0.4) is 0 Å². The summed E-state index contributed by atoms with van der Waals surface area (Å²) in [5.41, 5.74) is -0.908. The van der Waals surface area contributed by atoms with Crippen molar-refractivity contribution < 1.29 is 13.2 Å². The van der Waals surface area contributed by atoms with E-state index < -0.39 is 17.3 Å². The average Bonchev–Trinajstić information content (AvgIpc) is 3.12. The minimum Gasteiger partial charge on any atom is -0.324 e. The van der Waals surface area contributed by atoms with E-state index in [1.807, 2.05) is 34.1 Å². The fraction of sp³-hybridized carbons (Fsp3) is 0.350. The van der Waals surface area contributed by atoms with E-state index in [-0.39, 0.29) is 17.0 Å². The molecule has 0 amide bonds. The van der Waals surface area contributed by atoms with Crippen molar-refractivity contribution in [3.63, 3.8) is 0 Å². The van der Waals surface area contributed by atoms with E-state index in [4.69, 9.17) is 11.6 Å². The maximum atomic E-state index is 13.1. The summed E-state index contributed by atoms with van der Waals surface area (Å²) in [4.78, 5) is 22.1. The highest BCUT2D eigenvalue weighted by Crippen LogP contribution is 2.33. The Hall–Kier alpha value is -1.46. The fourth-order valence-electron chi connectivity index (χ4n) is 3.16. The van der Waals surface area contributed by atoms with Crippen molar-refractivity contribution in [2.45, 2.75) is 45.3 Å². The van der Waals surface area contributed by atoms with E-state index in [1.54, 1.807) is 6.20 Å². The second-order valence-corrected chi connectivity index (χ2v) is 9.44. The van der Waals surface area contributed by atoms with Crippen molar-refractivity contribution in [2.24, 2.45) is 0 Å². The van der Waals surface area contributed by atoms with Crippen LogP contribution in [0, 0.1) is 3.70 Å². The van der Waals surface area contributed by atoms with Gasteiger partial charge in [0.2, 0.25) is 0 Å². The first-order chi connectivity index (χ1) is 14.1. The molecule has 3 rings (SSSR count). The molecular formula is C20H18ClF3IN3OS. The molecular weight excluding hydrogens is 550 g/mol. The number of halogens is 5. The number of benzene rings is 1. The lowest BCUT2D eigenvalue weighted by Crippen LogP contribution is -2.23. The zero-order chi connectivity index (χ0) is 22.1. The molecule has 0 saturated heterocycles. The highest BCUT2D eigenvalue weighted by atomic mass is 127. The van der Waals surface area contributed by atoms with Crippen molar-refractivity contribution in [2.75, 3.05) is 0 Å². The van der Waals surface area contributed by atoms with Crippen molar-refractivity contribution in [1.82, 2.24) is 14.5 Å². The number of hydrogen-bond donors (Lipinski definition) is 0. The molecule has 1 unspecified atom stereocenters. The molecule has 1 atom stereocenters. The number of nitrogens with zero attached hydrogens (tertiary/aromatic N) is 3. The second-order valence-electron chi connectivity index (χ2n) is 6.78. The van der Waals surface area contributed by atoms with E-state index in [0.29, 0.717) is 27.0 Å². The number of thiazole rings is 1. The van der Waals surface area contributed by atoms with Crippen LogP contribution in [-0.2, 0) is 19.1 Å². The SMILES string of the molecule is CCn1c(CCC(C)c2cnc(Cl)s2)nc(=O)c(-c2cccc(C(F)(F)F)c2)c1I. The van der Waals surface area contributed by atoms with Gasteiger partial charge >= 0.3 is 6.18 Å². The molecule has 0 radical (unpaired) electrons. The summed E-state index contributed by atoms with van der Waals surface area (Å²) in [6, 6.07) is 4.80. The Morgan fingerprint density at radius 2 is 2.07 bits per heavy atom. The largest absolute Gasteiger partial charge is 0.416 e. The predicted octanol–water partition coefficient (Wildman–Crippen LogP) is 6.40. The lowest BCUT2D eigenvalue weighted by molar-refractivity contribution is -0.137. The Kier molecular flexibility index (Phi) is 7.24. The van der Waals surface area contributed by atoms with E-state index in [1.165, 1.54) is 23.5 Å². The molecule has 1 aromatic carbocycles. The topological polar surface area (TPSA) is 47.8 Å². The zero-order valence-electron chi connectivity index (χ0n) is 16.1. The van der Waals surface area contributed by atoms with Crippen LogP contribution in [0.2, 0.25) is 4.47 Å². The Morgan fingerprint density at radius 3 is 2.67 bits per heavy atom. The van der Waals surface area contributed by atoms with Crippen LogP contribution in [0.5, 0.6) is 0 Å². The quantitative estimate of drug-likeness (QED) is 0.256. The van der Waals surface area contributed by atoms with Gasteiger partial charge in [0.05, 0.1) is 14.8 Å². The van der Waals surface area contributed by atoms with Gasteiger partial charge in [-0.1, -0.05) is 30.7 Å². The monoisotopic (exact) mass is 567 g/mol. The summed E-state index contributed by atoms with van der Waals surface area (Å²) < 4.78 is 42.2. The third-order valence-corrected chi connectivity index (χ3v) is 7.24. The minimum atomic E-state index is -4.48. The summed E-state index contributed by atoms with van der Waals surface area (Å²) in [5, 5.41) is 0. The molecule has 3 aromatic rings. The normalized spacial score (nSPS) is 12.9. The summed E-state index contributed by atoms with van der Waals surface area (Å²) in [6.45, 7) is 4.52. The van der Waals surface area contributed by atoms with Gasteiger partial charge in [-0.25, -0.2) is 4.98 Å². The Morgan fingerprint density at radius 1 is 1.33 bits per heavy atom. The molecule has 0 aliphatic rings. The zero-order valence-corrected chi connectivity index (χ0v) is 19.9. The molecule has 2 heterocycles. The van der Waals surface area contributed by atoms with Crippen LogP contribution in [0.4, 0.5) is 13.2 Å². The molecule has 0 saturated carbocycles. The van der Waals surface area contributed by atoms with Gasteiger partial charge in [-0.15, -0.1) is 11.3 Å². The maximum Gasteiger partial charge on any atom is 0.416 e. The summed E-state index contributed by atoms with van der Waals surface area (Å²) in [5.74, 6) is 0.808. The van der Waals surface area contributed by atoms with Crippen LogP contribution in [0.25, 0.3) is 11.1 Å². The van der Waals surface area contributed by atoms with Crippen molar-refractivity contribution >= 4 is 45.5 Å². The molecule has 0 N–H and O–H groups in total. The molecule has 0 spiro atoms. The van der Waals surface area contributed by atoms with Crippen LogP contribution in [0.1, 0.15) is 42.5 Å².